The van der Waals surface area contributed by atoms with Crippen molar-refractivity contribution in [2.45, 2.75) is 19.9 Å². The predicted octanol–water partition coefficient (Wildman–Crippen LogP) is 2.17. The highest BCUT2D eigenvalue weighted by Crippen LogP contribution is 2.28. The molecular weight excluding hydrogens is 310 g/mol. The van der Waals surface area contributed by atoms with Gasteiger partial charge >= 0.3 is 0 Å². The highest BCUT2D eigenvalue weighted by atomic mass is 35.5. The van der Waals surface area contributed by atoms with Gasteiger partial charge in [0.25, 0.3) is 0 Å². The molecule has 6 heteroatoms. The summed E-state index contributed by atoms with van der Waals surface area (Å²) in [4.78, 5) is 9.03. The van der Waals surface area contributed by atoms with Gasteiger partial charge in [0, 0.05) is 62.6 Å². The van der Waals surface area contributed by atoms with Crippen LogP contribution in [0, 0.1) is 0 Å². The van der Waals surface area contributed by atoms with Gasteiger partial charge in [-0.3, -0.25) is 4.99 Å². The Balaban J connectivity index is 2.08. The Bertz CT molecular complexity index is 524. The van der Waals surface area contributed by atoms with Crippen LogP contribution in [0.25, 0.3) is 0 Å². The van der Waals surface area contributed by atoms with Crippen LogP contribution < -0.4 is 15.5 Å². The maximum absolute atomic E-state index is 6.47. The first kappa shape index (κ1) is 17.9. The van der Waals surface area contributed by atoms with E-state index in [4.69, 9.17) is 11.6 Å². The van der Waals surface area contributed by atoms with Crippen molar-refractivity contribution in [3.8, 4) is 0 Å². The lowest BCUT2D eigenvalue weighted by Crippen LogP contribution is -2.45. The zero-order valence-corrected chi connectivity index (χ0v) is 15.2. The van der Waals surface area contributed by atoms with E-state index in [1.165, 1.54) is 5.69 Å². The zero-order valence-electron chi connectivity index (χ0n) is 14.4. The van der Waals surface area contributed by atoms with E-state index in [-0.39, 0.29) is 0 Å². The van der Waals surface area contributed by atoms with Gasteiger partial charge < -0.3 is 20.4 Å². The molecule has 2 rings (SSSR count). The number of aliphatic imine (C=N–C) groups is 1. The van der Waals surface area contributed by atoms with Crippen LogP contribution in [0.4, 0.5) is 5.69 Å². The first-order chi connectivity index (χ1) is 11.2. The summed E-state index contributed by atoms with van der Waals surface area (Å²) in [6.07, 6.45) is 1.07. The molecule has 0 bridgehead atoms. The van der Waals surface area contributed by atoms with Crippen LogP contribution in [-0.4, -0.2) is 57.7 Å². The number of rotatable bonds is 5. The summed E-state index contributed by atoms with van der Waals surface area (Å²) < 4.78 is 0. The zero-order chi connectivity index (χ0) is 16.7. The molecule has 1 heterocycles. The van der Waals surface area contributed by atoms with E-state index in [1.807, 2.05) is 12.1 Å². The Morgan fingerprint density at radius 2 is 1.96 bits per heavy atom. The molecule has 0 aliphatic carbocycles. The second-order valence-electron chi connectivity index (χ2n) is 5.88. The third-order valence-corrected chi connectivity index (χ3v) is 4.49. The van der Waals surface area contributed by atoms with Crippen molar-refractivity contribution in [3.05, 3.63) is 28.8 Å². The van der Waals surface area contributed by atoms with E-state index >= 15 is 0 Å². The molecule has 0 radical (unpaired) electrons. The van der Waals surface area contributed by atoms with E-state index in [0.29, 0.717) is 6.54 Å². The van der Waals surface area contributed by atoms with Gasteiger partial charge in [-0.25, -0.2) is 0 Å². The van der Waals surface area contributed by atoms with Crippen molar-refractivity contribution < 1.29 is 0 Å². The molecule has 0 spiro atoms. The van der Waals surface area contributed by atoms with Crippen LogP contribution in [0.15, 0.2) is 23.2 Å². The molecule has 1 aromatic carbocycles. The van der Waals surface area contributed by atoms with Gasteiger partial charge in [0.2, 0.25) is 0 Å². The summed E-state index contributed by atoms with van der Waals surface area (Å²) >= 11 is 6.47. The van der Waals surface area contributed by atoms with Crippen molar-refractivity contribution >= 4 is 23.2 Å². The number of hydrogen-bond acceptors (Lipinski definition) is 3. The number of piperazine rings is 1. The second-order valence-corrected chi connectivity index (χ2v) is 6.29. The molecule has 0 amide bonds. The maximum atomic E-state index is 6.47. The Labute approximate surface area is 144 Å². The minimum Gasteiger partial charge on any atom is -0.369 e. The molecule has 1 saturated heterocycles. The number of guanidine groups is 1. The fourth-order valence-corrected chi connectivity index (χ4v) is 2.94. The number of anilines is 1. The largest absolute Gasteiger partial charge is 0.369 e. The molecule has 1 aliphatic rings. The van der Waals surface area contributed by atoms with Crippen molar-refractivity contribution in [1.29, 1.82) is 0 Å². The molecule has 5 nitrogen and oxygen atoms in total. The summed E-state index contributed by atoms with van der Waals surface area (Å²) in [5, 5.41) is 7.46. The summed E-state index contributed by atoms with van der Waals surface area (Å²) in [5.41, 5.74) is 2.36. The molecule has 2 N–H and O–H groups in total. The lowest BCUT2D eigenvalue weighted by Gasteiger charge is -2.35. The minimum absolute atomic E-state index is 0.671. The fourth-order valence-electron chi connectivity index (χ4n) is 2.70. The second kappa shape index (κ2) is 8.99. The minimum atomic E-state index is 0.671. The SMILES string of the molecule is CCCNC(=NC)NCc1c(Cl)cccc1N1CCN(C)CC1. The van der Waals surface area contributed by atoms with Crippen LogP contribution in [0.1, 0.15) is 18.9 Å². The molecule has 1 aliphatic heterocycles. The van der Waals surface area contributed by atoms with Gasteiger partial charge in [-0.1, -0.05) is 24.6 Å². The predicted molar refractivity (Wildman–Crippen MR) is 99.7 cm³/mol. The molecule has 0 saturated carbocycles. The summed E-state index contributed by atoms with van der Waals surface area (Å²) in [6.45, 7) is 7.95. The summed E-state index contributed by atoms with van der Waals surface area (Å²) in [6, 6.07) is 6.15. The molecule has 1 fully saturated rings. The molecule has 23 heavy (non-hydrogen) atoms. The highest BCUT2D eigenvalue weighted by molar-refractivity contribution is 6.31. The Kier molecular flexibility index (Phi) is 6.99. The number of halogens is 1. The van der Waals surface area contributed by atoms with Crippen molar-refractivity contribution in [3.63, 3.8) is 0 Å². The van der Waals surface area contributed by atoms with Crippen LogP contribution in [0.3, 0.4) is 0 Å². The highest BCUT2D eigenvalue weighted by Gasteiger charge is 2.18. The van der Waals surface area contributed by atoms with E-state index in [9.17, 15) is 0 Å². The standard InChI is InChI=1S/C17H28ClN5/c1-4-8-20-17(19-2)21-13-14-15(18)6-5-7-16(14)23-11-9-22(3)10-12-23/h5-7H,4,8-13H2,1-3H3,(H2,19,20,21). The molecule has 1 aromatic rings. The molecule has 0 aromatic heterocycles. The molecule has 0 atom stereocenters. The van der Waals surface area contributed by atoms with Crippen LogP contribution in [0.5, 0.6) is 0 Å². The van der Waals surface area contributed by atoms with Crippen LogP contribution in [-0.2, 0) is 6.54 Å². The van der Waals surface area contributed by atoms with Crippen molar-refractivity contribution in [2.24, 2.45) is 4.99 Å². The first-order valence-corrected chi connectivity index (χ1v) is 8.69. The number of benzene rings is 1. The summed E-state index contributed by atoms with van der Waals surface area (Å²) in [7, 11) is 3.96. The van der Waals surface area contributed by atoms with E-state index in [2.05, 4.69) is 45.5 Å². The van der Waals surface area contributed by atoms with E-state index < -0.39 is 0 Å². The topological polar surface area (TPSA) is 42.9 Å². The Morgan fingerprint density at radius 3 is 2.61 bits per heavy atom. The van der Waals surface area contributed by atoms with Crippen molar-refractivity contribution in [1.82, 2.24) is 15.5 Å². The quantitative estimate of drug-likeness (QED) is 0.638. The monoisotopic (exact) mass is 337 g/mol. The van der Waals surface area contributed by atoms with E-state index in [0.717, 1.165) is 55.7 Å². The van der Waals surface area contributed by atoms with Crippen LogP contribution in [0.2, 0.25) is 5.02 Å². The van der Waals surface area contributed by atoms with Crippen molar-refractivity contribution in [2.75, 3.05) is 51.7 Å². The maximum Gasteiger partial charge on any atom is 0.191 e. The van der Waals surface area contributed by atoms with Gasteiger partial charge in [0.1, 0.15) is 0 Å². The van der Waals surface area contributed by atoms with Gasteiger partial charge in [-0.2, -0.15) is 0 Å². The number of likely N-dealkylation sites (N-methyl/N-ethyl adjacent to an activating group) is 1. The Morgan fingerprint density at radius 1 is 1.22 bits per heavy atom. The summed E-state index contributed by atoms with van der Waals surface area (Å²) in [5.74, 6) is 0.816. The average Bonchev–Trinajstić information content (AvgIpc) is 2.57. The lowest BCUT2D eigenvalue weighted by molar-refractivity contribution is 0.312. The number of nitrogens with one attached hydrogen (secondary N) is 2. The average molecular weight is 338 g/mol. The third kappa shape index (κ3) is 5.01. The first-order valence-electron chi connectivity index (χ1n) is 8.31. The molecule has 0 unspecified atom stereocenters. The van der Waals surface area contributed by atoms with Gasteiger partial charge in [-0.05, 0) is 25.6 Å². The Hall–Kier alpha value is -1.46. The van der Waals surface area contributed by atoms with Gasteiger partial charge in [0.05, 0.1) is 0 Å². The van der Waals surface area contributed by atoms with Gasteiger partial charge in [0.15, 0.2) is 5.96 Å². The normalized spacial score (nSPS) is 16.5. The lowest BCUT2D eigenvalue weighted by atomic mass is 10.1. The number of hydrogen-bond donors (Lipinski definition) is 2. The van der Waals surface area contributed by atoms with E-state index in [1.54, 1.807) is 7.05 Å². The third-order valence-electron chi connectivity index (χ3n) is 4.14. The number of nitrogens with zero attached hydrogens (tertiary/aromatic N) is 3. The van der Waals surface area contributed by atoms with Crippen LogP contribution >= 0.6 is 11.6 Å². The van der Waals surface area contributed by atoms with Gasteiger partial charge in [-0.15, -0.1) is 0 Å². The molecular formula is C17H28ClN5. The molecule has 128 valence electrons. The fraction of sp³-hybridized carbons (Fsp3) is 0.588. The smallest absolute Gasteiger partial charge is 0.191 e.